The van der Waals surface area contributed by atoms with Crippen LogP contribution in [0.15, 0.2) is 72.8 Å². The zero-order valence-corrected chi connectivity index (χ0v) is 20.0. The number of ether oxygens (including phenoxy) is 1. The van der Waals surface area contributed by atoms with Crippen LogP contribution < -0.4 is 10.1 Å². The number of rotatable bonds is 6. The molecule has 1 heterocycles. The number of carbonyl (C=O) groups is 2. The molecule has 0 saturated heterocycles. The number of benzene rings is 3. The largest absolute Gasteiger partial charge is 0.407 e. The molecule has 7 heteroatoms. The molecular formula is C28H26FN3O3. The van der Waals surface area contributed by atoms with Crippen molar-refractivity contribution in [3.8, 4) is 34.0 Å². The number of nitrogens with one attached hydrogen (secondary N) is 1. The normalized spacial score (nSPS) is 10.9. The van der Waals surface area contributed by atoms with Gasteiger partial charge in [-0.3, -0.25) is 9.59 Å². The number of aromatic nitrogens is 2. The van der Waals surface area contributed by atoms with Gasteiger partial charge in [0.15, 0.2) is 0 Å². The number of carbonyl (C=O) groups excluding carboxylic acids is 2. The van der Waals surface area contributed by atoms with E-state index in [9.17, 15) is 14.0 Å². The minimum atomic E-state index is -0.508. The Morgan fingerprint density at radius 3 is 2.26 bits per heavy atom. The molecule has 35 heavy (non-hydrogen) atoms. The lowest BCUT2D eigenvalue weighted by Gasteiger charge is -2.11. The molecular weight excluding hydrogens is 445 g/mol. The van der Waals surface area contributed by atoms with Crippen molar-refractivity contribution in [2.24, 2.45) is 5.92 Å². The van der Waals surface area contributed by atoms with E-state index >= 15 is 0 Å². The molecule has 0 fully saturated rings. The first-order chi connectivity index (χ1) is 16.7. The fourth-order valence-corrected chi connectivity index (χ4v) is 3.60. The molecule has 6 nitrogen and oxygen atoms in total. The highest BCUT2D eigenvalue weighted by Gasteiger charge is 2.25. The molecule has 3 aromatic carbocycles. The maximum atomic E-state index is 14.2. The number of hydrogen-bond acceptors (Lipinski definition) is 4. The highest BCUT2D eigenvalue weighted by molar-refractivity contribution is 5.93. The van der Waals surface area contributed by atoms with E-state index in [0.29, 0.717) is 33.8 Å². The third-order valence-corrected chi connectivity index (χ3v) is 5.43. The molecule has 1 amide bonds. The van der Waals surface area contributed by atoms with Crippen LogP contribution in [0, 0.1) is 18.7 Å². The van der Waals surface area contributed by atoms with Gasteiger partial charge in [-0.1, -0.05) is 55.8 Å². The summed E-state index contributed by atoms with van der Waals surface area (Å²) in [5.41, 5.74) is 4.63. The van der Waals surface area contributed by atoms with Gasteiger partial charge in [-0.25, -0.2) is 4.39 Å². The van der Waals surface area contributed by atoms with Gasteiger partial charge in [0, 0.05) is 24.1 Å². The average molecular weight is 472 g/mol. The van der Waals surface area contributed by atoms with Gasteiger partial charge in [-0.2, -0.15) is 9.78 Å². The molecule has 1 N–H and O–H groups in total. The zero-order valence-electron chi connectivity index (χ0n) is 20.0. The summed E-state index contributed by atoms with van der Waals surface area (Å²) in [7, 11) is 0. The number of nitrogens with zero attached hydrogens (tertiary/aromatic N) is 2. The van der Waals surface area contributed by atoms with Crippen LogP contribution in [-0.2, 0) is 9.59 Å². The lowest BCUT2D eigenvalue weighted by atomic mass is 10.0. The molecule has 4 aromatic rings. The predicted molar refractivity (Wildman–Crippen MR) is 134 cm³/mol. The zero-order chi connectivity index (χ0) is 25.1. The average Bonchev–Trinajstić information content (AvgIpc) is 3.18. The Labute approximate surface area is 203 Å². The van der Waals surface area contributed by atoms with Gasteiger partial charge in [0.1, 0.15) is 11.5 Å². The summed E-state index contributed by atoms with van der Waals surface area (Å²) in [5.74, 6) is -0.937. The van der Waals surface area contributed by atoms with Crippen LogP contribution in [0.2, 0.25) is 0 Å². The Kier molecular flexibility index (Phi) is 6.78. The van der Waals surface area contributed by atoms with Gasteiger partial charge < -0.3 is 10.1 Å². The molecule has 0 bridgehead atoms. The van der Waals surface area contributed by atoms with E-state index in [2.05, 4.69) is 5.32 Å². The van der Waals surface area contributed by atoms with Crippen molar-refractivity contribution in [1.82, 2.24) is 9.78 Å². The molecule has 0 atom stereocenters. The van der Waals surface area contributed by atoms with Crippen LogP contribution in [-0.4, -0.2) is 21.7 Å². The molecule has 0 spiro atoms. The third kappa shape index (κ3) is 5.30. The van der Waals surface area contributed by atoms with E-state index in [1.165, 1.54) is 19.1 Å². The van der Waals surface area contributed by atoms with Crippen LogP contribution in [0.5, 0.6) is 5.88 Å². The number of amides is 1. The monoisotopic (exact) mass is 471 g/mol. The molecule has 0 unspecified atom stereocenters. The van der Waals surface area contributed by atoms with Gasteiger partial charge in [0.05, 0.1) is 11.3 Å². The van der Waals surface area contributed by atoms with Gasteiger partial charge in [0.2, 0.25) is 11.8 Å². The number of aryl methyl sites for hydroxylation is 1. The van der Waals surface area contributed by atoms with Crippen molar-refractivity contribution in [1.29, 1.82) is 0 Å². The van der Waals surface area contributed by atoms with E-state index in [-0.39, 0.29) is 17.7 Å². The highest BCUT2D eigenvalue weighted by atomic mass is 19.1. The Bertz CT molecular complexity index is 1370. The molecule has 0 aliphatic carbocycles. The lowest BCUT2D eigenvalue weighted by Crippen LogP contribution is -2.17. The van der Waals surface area contributed by atoms with Crippen LogP contribution in [0.25, 0.3) is 28.1 Å². The molecule has 0 radical (unpaired) electrons. The van der Waals surface area contributed by atoms with E-state index in [0.717, 1.165) is 5.56 Å². The molecule has 1 aromatic heterocycles. The predicted octanol–water partition coefficient (Wildman–Crippen LogP) is 6.17. The second kappa shape index (κ2) is 9.93. The van der Waals surface area contributed by atoms with Gasteiger partial charge in [-0.15, -0.1) is 0 Å². The fraction of sp³-hybridized carbons (Fsp3) is 0.179. The van der Waals surface area contributed by atoms with Crippen molar-refractivity contribution in [3.05, 3.63) is 84.2 Å². The van der Waals surface area contributed by atoms with Gasteiger partial charge >= 0.3 is 5.97 Å². The smallest absolute Gasteiger partial charge is 0.309 e. The minimum Gasteiger partial charge on any atom is -0.407 e. The summed E-state index contributed by atoms with van der Waals surface area (Å²) in [6, 6.07) is 20.9. The summed E-state index contributed by atoms with van der Waals surface area (Å²) in [4.78, 5) is 24.2. The summed E-state index contributed by atoms with van der Waals surface area (Å²) in [6.07, 6.45) is 0. The standard InChI is InChI=1S/C28H26FN3O3/c1-17(2)27(34)30-23-12-10-20(11-13-23)25-26(21-6-5-7-22(29)16-21)31-32(28(25)35-19(4)33)24-14-8-18(3)9-15-24/h5-17H,1-4H3,(H,30,34). The lowest BCUT2D eigenvalue weighted by molar-refractivity contribution is -0.132. The van der Waals surface area contributed by atoms with Crippen LogP contribution >= 0.6 is 0 Å². The van der Waals surface area contributed by atoms with E-state index in [4.69, 9.17) is 9.84 Å². The summed E-state index contributed by atoms with van der Waals surface area (Å²) in [5, 5.41) is 7.61. The fourth-order valence-electron chi connectivity index (χ4n) is 3.60. The van der Waals surface area contributed by atoms with E-state index < -0.39 is 11.8 Å². The topological polar surface area (TPSA) is 73.2 Å². The first-order valence-corrected chi connectivity index (χ1v) is 11.3. The van der Waals surface area contributed by atoms with Crippen LogP contribution in [0.3, 0.4) is 0 Å². The van der Waals surface area contributed by atoms with Crippen molar-refractivity contribution >= 4 is 17.6 Å². The molecule has 0 aliphatic rings. The number of hydrogen-bond donors (Lipinski definition) is 1. The minimum absolute atomic E-state index is 0.0917. The Morgan fingerprint density at radius 1 is 0.971 bits per heavy atom. The Balaban J connectivity index is 1.92. The first-order valence-electron chi connectivity index (χ1n) is 11.3. The molecule has 4 rings (SSSR count). The second-order valence-electron chi connectivity index (χ2n) is 8.60. The van der Waals surface area contributed by atoms with E-state index in [1.54, 1.807) is 28.9 Å². The maximum absolute atomic E-state index is 14.2. The van der Waals surface area contributed by atoms with Crippen LogP contribution in [0.1, 0.15) is 26.3 Å². The SMILES string of the molecule is CC(=O)Oc1c(-c2ccc(NC(=O)C(C)C)cc2)c(-c2cccc(F)c2)nn1-c1ccc(C)cc1. The molecule has 178 valence electrons. The highest BCUT2D eigenvalue weighted by Crippen LogP contribution is 2.41. The number of esters is 1. The second-order valence-corrected chi connectivity index (χ2v) is 8.60. The first kappa shape index (κ1) is 23.9. The van der Waals surface area contributed by atoms with Crippen molar-refractivity contribution < 1.29 is 18.7 Å². The van der Waals surface area contributed by atoms with Gasteiger partial charge in [0.25, 0.3) is 0 Å². The summed E-state index contributed by atoms with van der Waals surface area (Å²) < 4.78 is 21.4. The van der Waals surface area contributed by atoms with Crippen molar-refractivity contribution in [2.45, 2.75) is 27.7 Å². The third-order valence-electron chi connectivity index (χ3n) is 5.43. The Hall–Kier alpha value is -4.26. The van der Waals surface area contributed by atoms with Crippen LogP contribution in [0.4, 0.5) is 10.1 Å². The summed E-state index contributed by atoms with van der Waals surface area (Å²) in [6.45, 7) is 6.94. The van der Waals surface area contributed by atoms with Crippen molar-refractivity contribution in [3.63, 3.8) is 0 Å². The maximum Gasteiger partial charge on any atom is 0.309 e. The molecule has 0 saturated carbocycles. The summed E-state index contributed by atoms with van der Waals surface area (Å²) >= 11 is 0. The Morgan fingerprint density at radius 2 is 1.66 bits per heavy atom. The number of halogens is 1. The quantitative estimate of drug-likeness (QED) is 0.341. The number of anilines is 1. The van der Waals surface area contributed by atoms with E-state index in [1.807, 2.05) is 57.2 Å². The van der Waals surface area contributed by atoms with Gasteiger partial charge in [-0.05, 0) is 48.9 Å². The van der Waals surface area contributed by atoms with Crippen molar-refractivity contribution in [2.75, 3.05) is 5.32 Å². The molecule has 0 aliphatic heterocycles.